The van der Waals surface area contributed by atoms with Gasteiger partial charge in [0.25, 0.3) is 5.91 Å². The van der Waals surface area contributed by atoms with Gasteiger partial charge >= 0.3 is 0 Å². The maximum atomic E-state index is 12.9. The van der Waals surface area contributed by atoms with Crippen LogP contribution in [0.15, 0.2) is 52.9 Å². The van der Waals surface area contributed by atoms with Crippen molar-refractivity contribution in [3.63, 3.8) is 0 Å². The maximum absolute atomic E-state index is 12.9. The second-order valence-electron chi connectivity index (χ2n) is 6.87. The Kier molecular flexibility index (Phi) is 4.62. The van der Waals surface area contributed by atoms with Gasteiger partial charge in [-0.2, -0.15) is 0 Å². The molecule has 1 aliphatic rings. The predicted octanol–water partition coefficient (Wildman–Crippen LogP) is 3.81. The van der Waals surface area contributed by atoms with Crippen LogP contribution in [0.4, 0.5) is 5.69 Å². The highest BCUT2D eigenvalue weighted by Gasteiger charge is 2.28. The third-order valence-corrected chi connectivity index (χ3v) is 4.82. The second kappa shape index (κ2) is 7.23. The number of piperidine rings is 1. The van der Waals surface area contributed by atoms with Gasteiger partial charge in [-0.15, -0.1) is 0 Å². The van der Waals surface area contributed by atoms with Gasteiger partial charge in [0.2, 0.25) is 5.91 Å². The molecule has 2 amide bonds. The third kappa shape index (κ3) is 3.69. The molecule has 0 aliphatic carbocycles. The summed E-state index contributed by atoms with van der Waals surface area (Å²) in [6, 6.07) is 14.7. The number of fused-ring (bicyclic) bond motifs is 1. The lowest BCUT2D eigenvalue weighted by molar-refractivity contribution is -0.114. The van der Waals surface area contributed by atoms with Gasteiger partial charge < -0.3 is 14.6 Å². The monoisotopic (exact) mass is 363 g/mol. The number of aromatic nitrogens is 1. The highest BCUT2D eigenvalue weighted by atomic mass is 16.3. The lowest BCUT2D eigenvalue weighted by Crippen LogP contribution is -2.39. The fraction of sp³-hybridized carbons (Fsp3) is 0.286. The van der Waals surface area contributed by atoms with Crippen molar-refractivity contribution in [1.29, 1.82) is 0 Å². The number of amides is 2. The molecule has 0 radical (unpaired) electrons. The van der Waals surface area contributed by atoms with Gasteiger partial charge in [0.15, 0.2) is 11.5 Å². The summed E-state index contributed by atoms with van der Waals surface area (Å²) in [6.07, 6.45) is 1.87. The lowest BCUT2D eigenvalue weighted by atomic mass is 9.97. The molecule has 3 aromatic rings. The van der Waals surface area contributed by atoms with Crippen LogP contribution in [0.5, 0.6) is 0 Å². The van der Waals surface area contributed by atoms with Crippen LogP contribution in [0.1, 0.15) is 41.9 Å². The van der Waals surface area contributed by atoms with E-state index in [2.05, 4.69) is 10.3 Å². The number of nitrogens with zero attached hydrogens (tertiary/aromatic N) is 2. The predicted molar refractivity (Wildman–Crippen MR) is 103 cm³/mol. The van der Waals surface area contributed by atoms with Gasteiger partial charge in [-0.05, 0) is 49.2 Å². The SMILES string of the molecule is CC(=O)Nc1ccc(C(=O)N2CCCC(c3nc4ccccc4o3)C2)cc1. The average molecular weight is 363 g/mol. The number of rotatable bonds is 3. The Balaban J connectivity index is 1.48. The van der Waals surface area contributed by atoms with Crippen molar-refractivity contribution in [2.75, 3.05) is 18.4 Å². The molecule has 1 atom stereocenters. The van der Waals surface area contributed by atoms with Gasteiger partial charge in [0.1, 0.15) is 5.52 Å². The van der Waals surface area contributed by atoms with Crippen molar-refractivity contribution >= 4 is 28.6 Å². The van der Waals surface area contributed by atoms with E-state index < -0.39 is 0 Å². The van der Waals surface area contributed by atoms with Crippen LogP contribution in [-0.4, -0.2) is 34.8 Å². The van der Waals surface area contributed by atoms with Crippen LogP contribution in [0, 0.1) is 0 Å². The molecule has 0 bridgehead atoms. The fourth-order valence-corrected chi connectivity index (χ4v) is 3.51. The Bertz CT molecular complexity index is 945. The van der Waals surface area contributed by atoms with Crippen LogP contribution >= 0.6 is 0 Å². The van der Waals surface area contributed by atoms with E-state index in [1.807, 2.05) is 29.2 Å². The molecule has 1 unspecified atom stereocenters. The van der Waals surface area contributed by atoms with Gasteiger partial charge in [0, 0.05) is 31.3 Å². The summed E-state index contributed by atoms with van der Waals surface area (Å²) in [4.78, 5) is 30.4. The summed E-state index contributed by atoms with van der Waals surface area (Å²) in [5.74, 6) is 0.667. The fourth-order valence-electron chi connectivity index (χ4n) is 3.51. The normalized spacial score (nSPS) is 17.1. The van der Waals surface area contributed by atoms with Crippen LogP contribution in [-0.2, 0) is 4.79 Å². The standard InChI is InChI=1S/C21H21N3O3/c1-14(25)22-17-10-8-15(9-11-17)21(26)24-12-4-5-16(13-24)20-23-18-6-2-3-7-19(18)27-20/h2-3,6-11,16H,4-5,12-13H2,1H3,(H,22,25). The lowest BCUT2D eigenvalue weighted by Gasteiger charge is -2.31. The summed E-state index contributed by atoms with van der Waals surface area (Å²) >= 11 is 0. The van der Waals surface area contributed by atoms with Crippen molar-refractivity contribution in [2.45, 2.75) is 25.7 Å². The minimum Gasteiger partial charge on any atom is -0.440 e. The summed E-state index contributed by atoms with van der Waals surface area (Å²) in [5.41, 5.74) is 2.93. The first-order chi connectivity index (χ1) is 13.1. The molecule has 4 rings (SSSR count). The molecular formula is C21H21N3O3. The number of nitrogens with one attached hydrogen (secondary N) is 1. The number of anilines is 1. The van der Waals surface area contributed by atoms with Crippen molar-refractivity contribution in [1.82, 2.24) is 9.88 Å². The van der Waals surface area contributed by atoms with Crippen molar-refractivity contribution in [2.24, 2.45) is 0 Å². The number of carbonyl (C=O) groups excluding carboxylic acids is 2. The van der Waals surface area contributed by atoms with Gasteiger partial charge in [-0.1, -0.05) is 12.1 Å². The molecule has 138 valence electrons. The molecular weight excluding hydrogens is 342 g/mol. The number of benzene rings is 2. The quantitative estimate of drug-likeness (QED) is 0.768. The van der Waals surface area contributed by atoms with E-state index in [0.29, 0.717) is 23.7 Å². The molecule has 27 heavy (non-hydrogen) atoms. The molecule has 2 aromatic carbocycles. The van der Waals surface area contributed by atoms with E-state index in [1.54, 1.807) is 24.3 Å². The van der Waals surface area contributed by atoms with E-state index in [1.165, 1.54) is 6.92 Å². The van der Waals surface area contributed by atoms with Crippen LogP contribution in [0.25, 0.3) is 11.1 Å². The first kappa shape index (κ1) is 17.3. The summed E-state index contributed by atoms with van der Waals surface area (Å²) in [7, 11) is 0. The highest BCUT2D eigenvalue weighted by molar-refractivity contribution is 5.95. The van der Waals surface area contributed by atoms with E-state index in [0.717, 1.165) is 30.5 Å². The molecule has 0 saturated carbocycles. The number of hydrogen-bond acceptors (Lipinski definition) is 4. The molecule has 6 heteroatoms. The molecule has 1 N–H and O–H groups in total. The molecule has 1 saturated heterocycles. The van der Waals surface area contributed by atoms with Gasteiger partial charge in [0.05, 0.1) is 5.92 Å². The zero-order chi connectivity index (χ0) is 18.8. The number of para-hydroxylation sites is 2. The Labute approximate surface area is 157 Å². The minimum atomic E-state index is -0.133. The number of oxazole rings is 1. The summed E-state index contributed by atoms with van der Waals surface area (Å²) in [6.45, 7) is 2.78. The van der Waals surface area contributed by atoms with E-state index in [-0.39, 0.29) is 17.7 Å². The van der Waals surface area contributed by atoms with Crippen LogP contribution < -0.4 is 5.32 Å². The van der Waals surface area contributed by atoms with E-state index in [4.69, 9.17) is 4.42 Å². The van der Waals surface area contributed by atoms with Crippen molar-refractivity contribution in [3.8, 4) is 0 Å². The molecule has 0 spiro atoms. The van der Waals surface area contributed by atoms with E-state index in [9.17, 15) is 9.59 Å². The summed E-state index contributed by atoms with van der Waals surface area (Å²) in [5, 5.41) is 2.71. The first-order valence-corrected chi connectivity index (χ1v) is 9.12. The second-order valence-corrected chi connectivity index (χ2v) is 6.87. The smallest absolute Gasteiger partial charge is 0.253 e. The number of likely N-dealkylation sites (tertiary alicyclic amines) is 1. The number of hydrogen-bond donors (Lipinski definition) is 1. The van der Waals surface area contributed by atoms with Crippen molar-refractivity contribution < 1.29 is 14.0 Å². The van der Waals surface area contributed by atoms with Gasteiger partial charge in [-0.3, -0.25) is 9.59 Å². The summed E-state index contributed by atoms with van der Waals surface area (Å²) < 4.78 is 5.90. The third-order valence-electron chi connectivity index (χ3n) is 4.82. The highest BCUT2D eigenvalue weighted by Crippen LogP contribution is 2.29. The number of carbonyl (C=O) groups is 2. The molecule has 6 nitrogen and oxygen atoms in total. The van der Waals surface area contributed by atoms with Crippen LogP contribution in [0.2, 0.25) is 0 Å². The maximum Gasteiger partial charge on any atom is 0.253 e. The first-order valence-electron chi connectivity index (χ1n) is 9.12. The van der Waals surface area contributed by atoms with Crippen LogP contribution in [0.3, 0.4) is 0 Å². The Morgan fingerprint density at radius 3 is 2.67 bits per heavy atom. The molecule has 1 fully saturated rings. The van der Waals surface area contributed by atoms with Gasteiger partial charge in [-0.25, -0.2) is 4.98 Å². The Hall–Kier alpha value is -3.15. The average Bonchev–Trinajstić information content (AvgIpc) is 3.12. The zero-order valence-corrected chi connectivity index (χ0v) is 15.1. The largest absolute Gasteiger partial charge is 0.440 e. The topological polar surface area (TPSA) is 75.4 Å². The minimum absolute atomic E-state index is 0.00909. The van der Waals surface area contributed by atoms with E-state index >= 15 is 0 Å². The Morgan fingerprint density at radius 1 is 1.15 bits per heavy atom. The Morgan fingerprint density at radius 2 is 1.93 bits per heavy atom. The molecule has 1 aliphatic heterocycles. The molecule has 2 heterocycles. The zero-order valence-electron chi connectivity index (χ0n) is 15.1. The molecule has 1 aromatic heterocycles. The van der Waals surface area contributed by atoms with Crippen molar-refractivity contribution in [3.05, 3.63) is 60.0 Å².